The van der Waals surface area contributed by atoms with E-state index in [0.29, 0.717) is 25.3 Å². The molecular formula is C35H63N3O3. The van der Waals surface area contributed by atoms with Crippen molar-refractivity contribution in [3.8, 4) is 5.75 Å². The van der Waals surface area contributed by atoms with E-state index in [4.69, 9.17) is 4.74 Å². The number of hydrogen-bond donors (Lipinski definition) is 2. The average molecular weight is 574 g/mol. The fourth-order valence-corrected chi connectivity index (χ4v) is 4.37. The molecule has 236 valence electrons. The smallest absolute Gasteiger partial charge is 0.243 e. The standard InChI is InChI=1S/C32H49N3O3.C2H6.CH4.2H2/c1-22(2)19-28(35(9)21-24-11-15-25(16-12-24)31(3,4)5)30(37)33-27(29(36)34-32(6,7)8)20-23-13-17-26(38-10)18-14-23;1-2;;;/h11-18,22,27-28H,19-21H2,1-10H3,(H,33,37)(H,34,36);1-2H3;1H4;2*1H/t27-,28-;;;;/m0..../s1. The molecule has 2 atom stereocenters. The Kier molecular flexibility index (Phi) is 16.0. The Morgan fingerprint density at radius 1 is 0.878 bits per heavy atom. The molecule has 41 heavy (non-hydrogen) atoms. The van der Waals surface area contributed by atoms with Gasteiger partial charge in [-0.2, -0.15) is 0 Å². The third-order valence-electron chi connectivity index (χ3n) is 6.51. The van der Waals surface area contributed by atoms with Gasteiger partial charge in [0.1, 0.15) is 11.8 Å². The molecule has 2 rings (SSSR count). The second-order valence-corrected chi connectivity index (χ2v) is 12.9. The van der Waals surface area contributed by atoms with E-state index in [-0.39, 0.29) is 33.6 Å². The molecule has 0 aliphatic rings. The van der Waals surface area contributed by atoms with Gasteiger partial charge in [0.25, 0.3) is 0 Å². The lowest BCUT2D eigenvalue weighted by Gasteiger charge is -2.31. The zero-order valence-corrected chi connectivity index (χ0v) is 27.1. The summed E-state index contributed by atoms with van der Waals surface area (Å²) < 4.78 is 5.26. The molecule has 0 saturated heterocycles. The maximum Gasteiger partial charge on any atom is 0.243 e. The van der Waals surface area contributed by atoms with Gasteiger partial charge in [0.05, 0.1) is 13.2 Å². The van der Waals surface area contributed by atoms with Gasteiger partial charge in [-0.15, -0.1) is 0 Å². The number of carbonyl (C=O) groups is 2. The van der Waals surface area contributed by atoms with Gasteiger partial charge in [-0.1, -0.05) is 92.3 Å². The van der Waals surface area contributed by atoms with Crippen LogP contribution in [0.4, 0.5) is 0 Å². The van der Waals surface area contributed by atoms with Crippen LogP contribution in [-0.4, -0.2) is 48.5 Å². The molecule has 0 aromatic heterocycles. The van der Waals surface area contributed by atoms with E-state index in [1.165, 1.54) is 5.56 Å². The summed E-state index contributed by atoms with van der Waals surface area (Å²) in [7, 11) is 3.61. The minimum absolute atomic E-state index is 0. The molecule has 0 heterocycles. The van der Waals surface area contributed by atoms with E-state index in [0.717, 1.165) is 16.9 Å². The maximum atomic E-state index is 13.7. The van der Waals surface area contributed by atoms with Gasteiger partial charge in [-0.3, -0.25) is 14.5 Å². The molecule has 0 aliphatic heterocycles. The number of hydrogen-bond acceptors (Lipinski definition) is 4. The highest BCUT2D eigenvalue weighted by atomic mass is 16.5. The van der Waals surface area contributed by atoms with Gasteiger partial charge < -0.3 is 15.4 Å². The molecule has 0 saturated carbocycles. The summed E-state index contributed by atoms with van der Waals surface area (Å²) in [6.07, 6.45) is 1.09. The maximum absolute atomic E-state index is 13.7. The lowest BCUT2D eigenvalue weighted by atomic mass is 9.86. The van der Waals surface area contributed by atoms with Crippen molar-refractivity contribution in [2.45, 2.75) is 119 Å². The van der Waals surface area contributed by atoms with Crippen LogP contribution in [0.1, 0.15) is 103 Å². The molecule has 0 spiro atoms. The lowest BCUT2D eigenvalue weighted by molar-refractivity contribution is -0.132. The number of ether oxygens (including phenoxy) is 1. The van der Waals surface area contributed by atoms with Crippen molar-refractivity contribution >= 4 is 11.8 Å². The van der Waals surface area contributed by atoms with Gasteiger partial charge in [-0.25, -0.2) is 0 Å². The first-order valence-electron chi connectivity index (χ1n) is 14.6. The zero-order chi connectivity index (χ0) is 30.7. The number of amides is 2. The van der Waals surface area contributed by atoms with Crippen molar-refractivity contribution in [1.29, 1.82) is 0 Å². The molecular weight excluding hydrogens is 510 g/mol. The van der Waals surface area contributed by atoms with Crippen LogP contribution >= 0.6 is 0 Å². The van der Waals surface area contributed by atoms with E-state index < -0.39 is 11.6 Å². The number of carbonyl (C=O) groups excluding carboxylic acids is 2. The van der Waals surface area contributed by atoms with Crippen LogP contribution in [-0.2, 0) is 28.0 Å². The van der Waals surface area contributed by atoms with Crippen LogP contribution in [0.3, 0.4) is 0 Å². The summed E-state index contributed by atoms with van der Waals surface area (Å²) in [4.78, 5) is 29.1. The molecule has 6 heteroatoms. The number of nitrogens with zero attached hydrogens (tertiary/aromatic N) is 1. The van der Waals surface area contributed by atoms with Crippen LogP contribution in [0, 0.1) is 5.92 Å². The van der Waals surface area contributed by atoms with Gasteiger partial charge in [0, 0.05) is 21.4 Å². The summed E-state index contributed by atoms with van der Waals surface area (Å²) in [5.41, 5.74) is 3.08. The van der Waals surface area contributed by atoms with E-state index >= 15 is 0 Å². The van der Waals surface area contributed by atoms with E-state index in [2.05, 4.69) is 74.4 Å². The van der Waals surface area contributed by atoms with Crippen molar-refractivity contribution in [2.24, 2.45) is 5.92 Å². The first-order chi connectivity index (χ1) is 18.6. The molecule has 2 N–H and O–H groups in total. The van der Waals surface area contributed by atoms with Gasteiger partial charge >= 0.3 is 0 Å². The Labute approximate surface area is 254 Å². The van der Waals surface area contributed by atoms with Gasteiger partial charge in [0.2, 0.25) is 11.8 Å². The molecule has 2 aromatic rings. The predicted molar refractivity (Wildman–Crippen MR) is 179 cm³/mol. The number of methoxy groups -OCH3 is 1. The highest BCUT2D eigenvalue weighted by molar-refractivity contribution is 5.90. The van der Waals surface area contributed by atoms with E-state index in [1.807, 2.05) is 65.9 Å². The quantitative estimate of drug-likeness (QED) is 0.290. The number of likely N-dealkylation sites (N-methyl/N-ethyl adjacent to an activating group) is 1. The minimum Gasteiger partial charge on any atom is -0.497 e. The molecule has 2 amide bonds. The second kappa shape index (κ2) is 17.2. The summed E-state index contributed by atoms with van der Waals surface area (Å²) in [5, 5.41) is 6.14. The van der Waals surface area contributed by atoms with Gasteiger partial charge in [0.15, 0.2) is 0 Å². The van der Waals surface area contributed by atoms with Crippen LogP contribution in [0.25, 0.3) is 0 Å². The third kappa shape index (κ3) is 13.6. The monoisotopic (exact) mass is 573 g/mol. The zero-order valence-electron chi connectivity index (χ0n) is 27.1. The van der Waals surface area contributed by atoms with Crippen LogP contribution < -0.4 is 15.4 Å². The minimum atomic E-state index is -0.691. The van der Waals surface area contributed by atoms with Crippen molar-refractivity contribution < 1.29 is 17.2 Å². The number of benzene rings is 2. The highest BCUT2D eigenvalue weighted by Gasteiger charge is 2.30. The topological polar surface area (TPSA) is 70.7 Å². The average Bonchev–Trinajstić information content (AvgIpc) is 2.87. The Morgan fingerprint density at radius 3 is 1.83 bits per heavy atom. The Balaban J connectivity index is -0.00000313. The first-order valence-corrected chi connectivity index (χ1v) is 14.6. The number of nitrogens with one attached hydrogen (secondary N) is 2. The summed E-state index contributed by atoms with van der Waals surface area (Å²) in [6.45, 7) is 21.3. The van der Waals surface area contributed by atoms with Crippen molar-refractivity contribution in [3.05, 3.63) is 65.2 Å². The molecule has 2 aromatic carbocycles. The Bertz CT molecular complexity index is 1040. The fourth-order valence-electron chi connectivity index (χ4n) is 4.37. The summed E-state index contributed by atoms with van der Waals surface area (Å²) in [6, 6.07) is 15.2. The normalized spacial score (nSPS) is 12.9. The third-order valence-corrected chi connectivity index (χ3v) is 6.51. The molecule has 0 radical (unpaired) electrons. The van der Waals surface area contributed by atoms with Crippen LogP contribution in [0.2, 0.25) is 0 Å². The molecule has 6 nitrogen and oxygen atoms in total. The Morgan fingerprint density at radius 2 is 1.39 bits per heavy atom. The molecule has 0 aliphatic carbocycles. The second-order valence-electron chi connectivity index (χ2n) is 12.9. The van der Waals surface area contributed by atoms with E-state index in [9.17, 15) is 9.59 Å². The summed E-state index contributed by atoms with van der Waals surface area (Å²) >= 11 is 0. The summed E-state index contributed by atoms with van der Waals surface area (Å²) in [5.74, 6) is 0.753. The Hall–Kier alpha value is -2.86. The largest absolute Gasteiger partial charge is 0.497 e. The van der Waals surface area contributed by atoms with E-state index in [1.54, 1.807) is 7.11 Å². The molecule has 0 unspecified atom stereocenters. The highest BCUT2D eigenvalue weighted by Crippen LogP contribution is 2.23. The molecule has 0 bridgehead atoms. The van der Waals surface area contributed by atoms with Crippen molar-refractivity contribution in [2.75, 3.05) is 14.2 Å². The predicted octanol–water partition coefficient (Wildman–Crippen LogP) is 7.64. The van der Waals surface area contributed by atoms with Crippen molar-refractivity contribution in [1.82, 2.24) is 15.5 Å². The molecule has 0 fully saturated rings. The van der Waals surface area contributed by atoms with Crippen LogP contribution in [0.15, 0.2) is 48.5 Å². The van der Waals surface area contributed by atoms with Crippen LogP contribution in [0.5, 0.6) is 5.75 Å². The number of rotatable bonds is 11. The van der Waals surface area contributed by atoms with Gasteiger partial charge in [-0.05, 0) is 74.4 Å². The van der Waals surface area contributed by atoms with Crippen molar-refractivity contribution in [3.63, 3.8) is 0 Å². The lowest BCUT2D eigenvalue weighted by Crippen LogP contribution is -2.56. The fraction of sp³-hybridized carbons (Fsp3) is 0.600. The first kappa shape index (κ1) is 38.1. The SMILES string of the molecule is C.CC.COc1ccc(C[C@H](NC(=O)[C@H](CC(C)C)N(C)Cc2ccc(C(C)(C)C)cc2)C(=O)NC(C)(C)C)cc1.[HH].[HH].